The van der Waals surface area contributed by atoms with Gasteiger partial charge in [0.1, 0.15) is 17.2 Å². The number of halogens is 1. The second kappa shape index (κ2) is 8.93. The quantitative estimate of drug-likeness (QED) is 0.415. The number of nitrogens with zero attached hydrogens (tertiary/aromatic N) is 1. The molecule has 0 aliphatic heterocycles. The minimum atomic E-state index is -0.363. The van der Waals surface area contributed by atoms with Gasteiger partial charge in [0.15, 0.2) is 0 Å². The molecule has 6 nitrogen and oxygen atoms in total. The van der Waals surface area contributed by atoms with Crippen molar-refractivity contribution in [1.82, 2.24) is 4.98 Å². The molecule has 2 N–H and O–H groups in total. The Morgan fingerprint density at radius 3 is 2.58 bits per heavy atom. The van der Waals surface area contributed by atoms with Crippen LogP contribution in [0.5, 0.6) is 11.5 Å². The van der Waals surface area contributed by atoms with Crippen LogP contribution in [-0.4, -0.2) is 23.1 Å². The van der Waals surface area contributed by atoms with E-state index in [1.54, 1.807) is 19.2 Å². The van der Waals surface area contributed by atoms with Crippen LogP contribution in [0.1, 0.15) is 5.56 Å². The lowest BCUT2D eigenvalue weighted by atomic mass is 10.1. The van der Waals surface area contributed by atoms with Crippen molar-refractivity contribution >= 4 is 23.4 Å². The van der Waals surface area contributed by atoms with Crippen molar-refractivity contribution in [3.8, 4) is 34.2 Å². The van der Waals surface area contributed by atoms with Gasteiger partial charge in [-0.25, -0.2) is 4.98 Å². The highest BCUT2D eigenvalue weighted by Crippen LogP contribution is 2.34. The normalized spacial score (nSPS) is 10.6. The van der Waals surface area contributed by atoms with Gasteiger partial charge in [-0.15, -0.1) is 0 Å². The van der Waals surface area contributed by atoms with Crippen molar-refractivity contribution in [2.45, 2.75) is 6.42 Å². The van der Waals surface area contributed by atoms with Crippen molar-refractivity contribution in [1.29, 1.82) is 0 Å². The van der Waals surface area contributed by atoms with E-state index in [2.05, 4.69) is 10.3 Å². The van der Waals surface area contributed by atoms with E-state index >= 15 is 0 Å². The van der Waals surface area contributed by atoms with E-state index in [-0.39, 0.29) is 24.0 Å². The average Bonchev–Trinajstić information content (AvgIpc) is 3.20. The standard InChI is InChI=1S/C24H19ClN2O4/c1-30-19-9-5-8-17(12-19)22-24(31-23(27-22)15-6-3-2-4-7-15)26-21(29)13-16-10-11-18(25)14-20(16)28/h2-12,14,28H,13H2,1H3,(H,26,29). The van der Waals surface area contributed by atoms with Gasteiger partial charge >= 0.3 is 0 Å². The van der Waals surface area contributed by atoms with Crippen LogP contribution >= 0.6 is 11.6 Å². The summed E-state index contributed by atoms with van der Waals surface area (Å²) < 4.78 is 11.2. The number of aromatic nitrogens is 1. The van der Waals surface area contributed by atoms with Crippen LogP contribution in [0.25, 0.3) is 22.7 Å². The van der Waals surface area contributed by atoms with E-state index in [1.807, 2.05) is 54.6 Å². The van der Waals surface area contributed by atoms with Crippen LogP contribution in [0, 0.1) is 0 Å². The Morgan fingerprint density at radius 1 is 1.06 bits per heavy atom. The van der Waals surface area contributed by atoms with Crippen molar-refractivity contribution in [2.24, 2.45) is 0 Å². The summed E-state index contributed by atoms with van der Waals surface area (Å²) in [6, 6.07) is 21.4. The van der Waals surface area contributed by atoms with Gasteiger partial charge in [0.05, 0.1) is 13.5 Å². The zero-order valence-corrected chi connectivity index (χ0v) is 17.4. The summed E-state index contributed by atoms with van der Waals surface area (Å²) in [6.45, 7) is 0. The lowest BCUT2D eigenvalue weighted by Gasteiger charge is -2.07. The molecule has 0 radical (unpaired) electrons. The number of benzene rings is 3. The monoisotopic (exact) mass is 434 g/mol. The number of aromatic hydroxyl groups is 1. The molecule has 0 bridgehead atoms. The zero-order valence-electron chi connectivity index (χ0n) is 16.6. The summed E-state index contributed by atoms with van der Waals surface area (Å²) in [5.41, 5.74) is 2.44. The van der Waals surface area contributed by atoms with E-state index in [4.69, 9.17) is 20.8 Å². The van der Waals surface area contributed by atoms with Gasteiger partial charge in [-0.05, 0) is 36.4 Å². The fourth-order valence-corrected chi connectivity index (χ4v) is 3.27. The molecule has 3 aromatic carbocycles. The summed E-state index contributed by atoms with van der Waals surface area (Å²) in [6.07, 6.45) is -0.0536. The molecule has 0 atom stereocenters. The summed E-state index contributed by atoms with van der Waals surface area (Å²) >= 11 is 5.86. The van der Waals surface area contributed by atoms with Crippen molar-refractivity contribution < 1.29 is 19.1 Å². The Bertz CT molecular complexity index is 1220. The molecule has 0 fully saturated rings. The molecule has 1 aromatic heterocycles. The fraction of sp³-hybridized carbons (Fsp3) is 0.0833. The number of methoxy groups -OCH3 is 1. The first-order valence-electron chi connectivity index (χ1n) is 9.51. The zero-order chi connectivity index (χ0) is 21.8. The lowest BCUT2D eigenvalue weighted by Crippen LogP contribution is -2.14. The lowest BCUT2D eigenvalue weighted by molar-refractivity contribution is -0.115. The first-order valence-corrected chi connectivity index (χ1v) is 9.89. The molecule has 0 unspecified atom stereocenters. The average molecular weight is 435 g/mol. The number of ether oxygens (including phenoxy) is 1. The molecule has 0 saturated carbocycles. The van der Waals surface area contributed by atoms with Gasteiger partial charge in [-0.2, -0.15) is 0 Å². The number of anilines is 1. The Kier molecular flexibility index (Phi) is 5.91. The van der Waals surface area contributed by atoms with Gasteiger partial charge in [0.25, 0.3) is 0 Å². The largest absolute Gasteiger partial charge is 0.508 e. The van der Waals surface area contributed by atoms with Crippen LogP contribution in [0.2, 0.25) is 5.02 Å². The van der Waals surface area contributed by atoms with Crippen LogP contribution in [-0.2, 0) is 11.2 Å². The topological polar surface area (TPSA) is 84.6 Å². The summed E-state index contributed by atoms with van der Waals surface area (Å²) in [4.78, 5) is 17.3. The van der Waals surface area contributed by atoms with Gasteiger partial charge in [-0.1, -0.05) is 48.0 Å². The van der Waals surface area contributed by atoms with Crippen LogP contribution in [0.15, 0.2) is 77.2 Å². The maximum Gasteiger partial charge on any atom is 0.231 e. The Hall–Kier alpha value is -3.77. The predicted octanol–water partition coefficient (Wildman–Crippen LogP) is 5.56. The van der Waals surface area contributed by atoms with Crippen LogP contribution < -0.4 is 10.1 Å². The molecule has 0 aliphatic rings. The highest BCUT2D eigenvalue weighted by molar-refractivity contribution is 6.30. The second-order valence-corrected chi connectivity index (χ2v) is 7.23. The second-order valence-electron chi connectivity index (χ2n) is 6.79. The Labute approximate surface area is 184 Å². The number of carbonyl (C=O) groups excluding carboxylic acids is 1. The third-order valence-electron chi connectivity index (χ3n) is 4.64. The summed E-state index contributed by atoms with van der Waals surface area (Å²) in [5.74, 6) is 0.842. The van der Waals surface area contributed by atoms with Gasteiger partial charge < -0.3 is 14.3 Å². The van der Waals surface area contributed by atoms with Crippen molar-refractivity contribution in [3.63, 3.8) is 0 Å². The Balaban J connectivity index is 1.67. The Morgan fingerprint density at radius 2 is 1.84 bits per heavy atom. The number of carbonyl (C=O) groups is 1. The number of rotatable bonds is 6. The highest BCUT2D eigenvalue weighted by atomic mass is 35.5. The van der Waals surface area contributed by atoms with Gasteiger partial charge in [0.2, 0.25) is 17.7 Å². The van der Waals surface area contributed by atoms with Gasteiger partial charge in [-0.3, -0.25) is 10.1 Å². The van der Waals surface area contributed by atoms with E-state index < -0.39 is 0 Å². The highest BCUT2D eigenvalue weighted by Gasteiger charge is 2.19. The molecule has 4 aromatic rings. The number of phenols is 1. The molecule has 7 heteroatoms. The summed E-state index contributed by atoms with van der Waals surface area (Å²) in [5, 5.41) is 13.2. The van der Waals surface area contributed by atoms with Crippen molar-refractivity contribution in [2.75, 3.05) is 12.4 Å². The molecule has 31 heavy (non-hydrogen) atoms. The maximum absolute atomic E-state index is 12.7. The molecule has 0 spiro atoms. The van der Waals surface area contributed by atoms with E-state index in [1.165, 1.54) is 6.07 Å². The van der Waals surface area contributed by atoms with E-state index in [0.717, 1.165) is 11.1 Å². The first-order chi connectivity index (χ1) is 15.0. The molecular formula is C24H19ClN2O4. The number of oxazole rings is 1. The van der Waals surface area contributed by atoms with Crippen LogP contribution in [0.4, 0.5) is 5.88 Å². The van der Waals surface area contributed by atoms with Crippen molar-refractivity contribution in [3.05, 3.63) is 83.4 Å². The van der Waals surface area contributed by atoms with E-state index in [9.17, 15) is 9.90 Å². The number of phenolic OH excluding ortho intramolecular Hbond substituents is 1. The van der Waals surface area contributed by atoms with Gasteiger partial charge in [0, 0.05) is 21.7 Å². The number of nitrogens with one attached hydrogen (secondary N) is 1. The molecule has 0 aliphatic carbocycles. The SMILES string of the molecule is COc1cccc(-c2nc(-c3ccccc3)oc2NC(=O)Cc2ccc(Cl)cc2O)c1. The first kappa shape index (κ1) is 20.5. The number of hydrogen-bond acceptors (Lipinski definition) is 5. The molecule has 1 heterocycles. The molecule has 4 rings (SSSR count). The maximum atomic E-state index is 12.7. The predicted molar refractivity (Wildman–Crippen MR) is 119 cm³/mol. The molecular weight excluding hydrogens is 416 g/mol. The minimum Gasteiger partial charge on any atom is -0.508 e. The summed E-state index contributed by atoms with van der Waals surface area (Å²) in [7, 11) is 1.58. The molecule has 1 amide bonds. The fourth-order valence-electron chi connectivity index (χ4n) is 3.11. The van der Waals surface area contributed by atoms with Crippen LogP contribution in [0.3, 0.4) is 0 Å². The molecule has 0 saturated heterocycles. The smallest absolute Gasteiger partial charge is 0.231 e. The number of hydrogen-bond donors (Lipinski definition) is 2. The number of amides is 1. The third kappa shape index (κ3) is 4.70. The van der Waals surface area contributed by atoms with E-state index in [0.29, 0.717) is 27.9 Å². The molecule has 156 valence electrons. The minimum absolute atomic E-state index is 0.0433. The third-order valence-corrected chi connectivity index (χ3v) is 4.88.